The summed E-state index contributed by atoms with van der Waals surface area (Å²) in [6.07, 6.45) is 1.41. The average molecular weight is 365 g/mol. The molecule has 0 bridgehead atoms. The summed E-state index contributed by atoms with van der Waals surface area (Å²) in [6.45, 7) is 5.70. The number of hydrogen-bond acceptors (Lipinski definition) is 5. The van der Waals surface area contributed by atoms with Crippen LogP contribution >= 0.6 is 0 Å². The van der Waals surface area contributed by atoms with Gasteiger partial charge in [0.05, 0.1) is 21.9 Å². The number of aromatic nitrogens is 2. The Bertz CT molecular complexity index is 1120. The van der Waals surface area contributed by atoms with Gasteiger partial charge in [0.2, 0.25) is 0 Å². The Kier molecular flexibility index (Phi) is 4.64. The van der Waals surface area contributed by atoms with Crippen LogP contribution in [0.5, 0.6) is 0 Å². The summed E-state index contributed by atoms with van der Waals surface area (Å²) in [5, 5.41) is 14.0. The number of nitrogens with zero attached hydrogens (tertiary/aromatic N) is 3. The van der Waals surface area contributed by atoms with Gasteiger partial charge in [0.25, 0.3) is 11.2 Å². The predicted octanol–water partition coefficient (Wildman–Crippen LogP) is 3.33. The van der Waals surface area contributed by atoms with Crippen LogP contribution in [0.3, 0.4) is 0 Å². The van der Waals surface area contributed by atoms with Gasteiger partial charge in [-0.1, -0.05) is 17.7 Å². The molecule has 3 rings (SSSR count). The summed E-state index contributed by atoms with van der Waals surface area (Å²) in [4.78, 5) is 27.4. The molecule has 0 saturated carbocycles. The molecule has 2 aromatic carbocycles. The Hall–Kier alpha value is -3.68. The zero-order valence-corrected chi connectivity index (χ0v) is 15.2. The van der Waals surface area contributed by atoms with Gasteiger partial charge in [0.1, 0.15) is 5.69 Å². The van der Waals surface area contributed by atoms with E-state index >= 15 is 0 Å². The van der Waals surface area contributed by atoms with Crippen LogP contribution in [0.2, 0.25) is 0 Å². The van der Waals surface area contributed by atoms with E-state index in [0.29, 0.717) is 16.9 Å². The largest absolute Gasteiger partial charge is 0.393 e. The lowest BCUT2D eigenvalue weighted by Crippen LogP contribution is -2.18. The van der Waals surface area contributed by atoms with Gasteiger partial charge in [0, 0.05) is 18.0 Å². The van der Waals surface area contributed by atoms with Gasteiger partial charge < -0.3 is 5.73 Å². The molecule has 1 heterocycles. The molecule has 138 valence electrons. The molecule has 0 spiro atoms. The minimum absolute atomic E-state index is 0.0639. The molecule has 0 amide bonds. The number of hydrogen-bond donors (Lipinski definition) is 2. The number of aliphatic imine (C=N–C) groups is 1. The smallest absolute Gasteiger partial charge is 0.294 e. The van der Waals surface area contributed by atoms with Crippen LogP contribution in [-0.4, -0.2) is 20.9 Å². The van der Waals surface area contributed by atoms with Crippen molar-refractivity contribution in [2.75, 3.05) is 5.73 Å². The minimum atomic E-state index is -0.566. The van der Waals surface area contributed by atoms with Gasteiger partial charge in [-0.2, -0.15) is 0 Å². The number of nitrogens with two attached hydrogens (primary N) is 1. The van der Waals surface area contributed by atoms with E-state index in [1.165, 1.54) is 23.0 Å². The molecule has 0 aliphatic heterocycles. The summed E-state index contributed by atoms with van der Waals surface area (Å²) in [5.41, 5.74) is 9.40. The Morgan fingerprint density at radius 2 is 1.93 bits per heavy atom. The number of nitro benzene ring substituents is 1. The Labute approximate surface area is 155 Å². The van der Waals surface area contributed by atoms with Crippen molar-refractivity contribution >= 4 is 23.3 Å². The first-order valence-electron chi connectivity index (χ1n) is 8.25. The van der Waals surface area contributed by atoms with Crippen LogP contribution in [0.4, 0.5) is 17.1 Å². The lowest BCUT2D eigenvalue weighted by molar-refractivity contribution is -0.383. The normalized spacial score (nSPS) is 11.2. The third kappa shape index (κ3) is 3.50. The molecule has 0 atom stereocenters. The van der Waals surface area contributed by atoms with Crippen molar-refractivity contribution in [3.63, 3.8) is 0 Å². The quantitative estimate of drug-likeness (QED) is 0.319. The fraction of sp³-hybridized carbons (Fsp3) is 0.158. The first kappa shape index (κ1) is 18.1. The summed E-state index contributed by atoms with van der Waals surface area (Å²) in [6, 6.07) is 10.1. The van der Waals surface area contributed by atoms with Crippen LogP contribution in [0.15, 0.2) is 46.2 Å². The molecular formula is C19H19N5O3. The SMILES string of the molecule is Cc1ccc(-n2[nH]c(C)c(C=Nc3ccc(N)c([N+](=O)[O-])c3)c2=O)c(C)c1. The summed E-state index contributed by atoms with van der Waals surface area (Å²) in [5.74, 6) is 0. The van der Waals surface area contributed by atoms with Crippen LogP contribution in [-0.2, 0) is 0 Å². The van der Waals surface area contributed by atoms with Crippen molar-refractivity contribution in [3.8, 4) is 5.69 Å². The number of H-pyrrole nitrogens is 1. The van der Waals surface area contributed by atoms with E-state index < -0.39 is 4.92 Å². The van der Waals surface area contributed by atoms with Crippen LogP contribution in [0.25, 0.3) is 5.69 Å². The first-order chi connectivity index (χ1) is 12.8. The number of nitrogens with one attached hydrogen (secondary N) is 1. The second-order valence-electron chi connectivity index (χ2n) is 6.34. The van der Waals surface area contributed by atoms with Gasteiger partial charge in [-0.15, -0.1) is 0 Å². The standard InChI is InChI=1S/C19H19N5O3/c1-11-4-7-17(12(2)8-11)23-19(25)15(13(3)22-23)10-21-14-5-6-16(20)18(9-14)24(26)27/h4-10,22H,20H2,1-3H3. The Morgan fingerprint density at radius 3 is 2.59 bits per heavy atom. The van der Waals surface area contributed by atoms with E-state index in [2.05, 4.69) is 10.1 Å². The zero-order valence-electron chi connectivity index (χ0n) is 15.2. The van der Waals surface area contributed by atoms with E-state index in [9.17, 15) is 14.9 Å². The molecular weight excluding hydrogens is 346 g/mol. The number of benzene rings is 2. The Morgan fingerprint density at radius 1 is 1.19 bits per heavy atom. The van der Waals surface area contributed by atoms with Gasteiger partial charge in [-0.25, -0.2) is 4.68 Å². The van der Waals surface area contributed by atoms with Crippen molar-refractivity contribution < 1.29 is 4.92 Å². The lowest BCUT2D eigenvalue weighted by Gasteiger charge is -2.06. The summed E-state index contributed by atoms with van der Waals surface area (Å²) in [7, 11) is 0. The van der Waals surface area contributed by atoms with E-state index in [-0.39, 0.29) is 16.9 Å². The van der Waals surface area contributed by atoms with Gasteiger partial charge in [0.15, 0.2) is 0 Å². The molecule has 0 aliphatic carbocycles. The topological polar surface area (TPSA) is 119 Å². The Balaban J connectivity index is 2.01. The zero-order chi connectivity index (χ0) is 19.7. The second kappa shape index (κ2) is 6.91. The van der Waals surface area contributed by atoms with E-state index in [1.54, 1.807) is 13.0 Å². The first-order valence-corrected chi connectivity index (χ1v) is 8.25. The molecule has 3 N–H and O–H groups in total. The predicted molar refractivity (Wildman–Crippen MR) is 105 cm³/mol. The summed E-state index contributed by atoms with van der Waals surface area (Å²) < 4.78 is 1.47. The third-order valence-corrected chi connectivity index (χ3v) is 4.26. The lowest BCUT2D eigenvalue weighted by atomic mass is 10.1. The molecule has 1 aromatic heterocycles. The highest BCUT2D eigenvalue weighted by Gasteiger charge is 2.14. The molecule has 0 radical (unpaired) electrons. The van der Waals surface area contributed by atoms with Gasteiger partial charge in [-0.05, 0) is 44.5 Å². The second-order valence-corrected chi connectivity index (χ2v) is 6.34. The highest BCUT2D eigenvalue weighted by atomic mass is 16.6. The number of aryl methyl sites for hydroxylation is 3. The molecule has 0 unspecified atom stereocenters. The molecule has 3 aromatic rings. The van der Waals surface area contributed by atoms with Crippen molar-refractivity contribution in [2.24, 2.45) is 4.99 Å². The molecule has 0 fully saturated rings. The maximum Gasteiger partial charge on any atom is 0.294 e. The highest BCUT2D eigenvalue weighted by molar-refractivity contribution is 5.83. The van der Waals surface area contributed by atoms with Gasteiger partial charge >= 0.3 is 0 Å². The van der Waals surface area contributed by atoms with E-state index in [4.69, 9.17) is 5.73 Å². The highest BCUT2D eigenvalue weighted by Crippen LogP contribution is 2.26. The number of nitrogen functional groups attached to an aromatic ring is 1. The van der Waals surface area contributed by atoms with Crippen molar-refractivity contribution in [1.29, 1.82) is 0 Å². The fourth-order valence-electron chi connectivity index (χ4n) is 2.85. The van der Waals surface area contributed by atoms with Crippen LogP contribution in [0, 0.1) is 30.9 Å². The molecule has 0 saturated heterocycles. The van der Waals surface area contributed by atoms with Crippen LogP contribution < -0.4 is 11.3 Å². The van der Waals surface area contributed by atoms with E-state index in [0.717, 1.165) is 16.8 Å². The summed E-state index contributed by atoms with van der Waals surface area (Å²) >= 11 is 0. The molecule has 8 nitrogen and oxygen atoms in total. The number of nitro groups is 1. The fourth-order valence-corrected chi connectivity index (χ4v) is 2.85. The average Bonchev–Trinajstić information content (AvgIpc) is 2.88. The van der Waals surface area contributed by atoms with Gasteiger partial charge in [-0.3, -0.25) is 25.0 Å². The molecule has 8 heteroatoms. The van der Waals surface area contributed by atoms with Crippen LogP contribution in [0.1, 0.15) is 22.4 Å². The van der Waals surface area contributed by atoms with Crippen molar-refractivity contribution in [1.82, 2.24) is 9.78 Å². The number of aromatic amines is 1. The number of anilines is 1. The minimum Gasteiger partial charge on any atom is -0.393 e. The maximum atomic E-state index is 12.8. The number of rotatable bonds is 4. The van der Waals surface area contributed by atoms with Crippen molar-refractivity contribution in [3.05, 3.63) is 79.3 Å². The molecule has 27 heavy (non-hydrogen) atoms. The molecule has 0 aliphatic rings. The van der Waals surface area contributed by atoms with Crippen molar-refractivity contribution in [2.45, 2.75) is 20.8 Å². The monoisotopic (exact) mass is 365 g/mol. The third-order valence-electron chi connectivity index (χ3n) is 4.26. The maximum absolute atomic E-state index is 12.8. The van der Waals surface area contributed by atoms with E-state index in [1.807, 2.05) is 32.0 Å².